The van der Waals surface area contributed by atoms with Gasteiger partial charge in [0.1, 0.15) is 5.84 Å². The van der Waals surface area contributed by atoms with Gasteiger partial charge in [0, 0.05) is 18.3 Å². The van der Waals surface area contributed by atoms with Gasteiger partial charge >= 0.3 is 5.97 Å². The Kier molecular flexibility index (Phi) is 10.4. The van der Waals surface area contributed by atoms with Gasteiger partial charge in [-0.15, -0.1) is 0 Å². The summed E-state index contributed by atoms with van der Waals surface area (Å²) in [5.74, 6) is 10.1. The fourth-order valence-electron chi connectivity index (χ4n) is 3.10. The average Bonchev–Trinajstić information content (AvgIpc) is 2.66. The number of amidine groups is 1. The first-order valence-corrected chi connectivity index (χ1v) is 9.46. The Labute approximate surface area is 161 Å². The van der Waals surface area contributed by atoms with Gasteiger partial charge in [-0.1, -0.05) is 19.9 Å². The van der Waals surface area contributed by atoms with Crippen LogP contribution in [0.1, 0.15) is 56.7 Å². The first-order valence-electron chi connectivity index (χ1n) is 9.46. The maximum Gasteiger partial charge on any atom is 0.306 e. The summed E-state index contributed by atoms with van der Waals surface area (Å²) in [6.45, 7) is 8.26. The zero-order chi connectivity index (χ0) is 20.2. The number of carboxylic acids is 1. The molecule has 152 valence electrons. The van der Waals surface area contributed by atoms with Gasteiger partial charge in [0.05, 0.1) is 5.92 Å². The van der Waals surface area contributed by atoms with Gasteiger partial charge in [0.2, 0.25) is 0 Å². The van der Waals surface area contributed by atoms with Crippen molar-refractivity contribution in [3.05, 3.63) is 29.6 Å². The molecule has 0 radical (unpaired) electrons. The average molecular weight is 379 g/mol. The third-order valence-electron chi connectivity index (χ3n) is 4.61. The van der Waals surface area contributed by atoms with E-state index in [2.05, 4.69) is 33.0 Å². The lowest BCUT2D eigenvalue weighted by molar-refractivity contribution is -0.142. The summed E-state index contributed by atoms with van der Waals surface area (Å²) in [7, 11) is 0. The Balaban J connectivity index is 0.000000270. The van der Waals surface area contributed by atoms with E-state index in [0.29, 0.717) is 18.2 Å². The SMILES string of the molecule is CC(C)CC(C/C(=N/N)NN)C(=O)O.Cc1ccc(C2CCNCC2)cn1. The number of hydrogen-bond acceptors (Lipinski definition) is 6. The number of hydrazine groups is 1. The van der Waals surface area contributed by atoms with Gasteiger partial charge in [0.15, 0.2) is 0 Å². The van der Waals surface area contributed by atoms with E-state index in [-0.39, 0.29) is 6.42 Å². The molecule has 1 fully saturated rings. The molecule has 1 aliphatic rings. The summed E-state index contributed by atoms with van der Waals surface area (Å²) in [6, 6.07) is 4.33. The number of aromatic nitrogens is 1. The minimum Gasteiger partial charge on any atom is -0.481 e. The van der Waals surface area contributed by atoms with Crippen LogP contribution < -0.4 is 22.4 Å². The number of aryl methyl sites for hydroxylation is 1. The molecule has 1 aliphatic heterocycles. The molecule has 2 rings (SSSR count). The van der Waals surface area contributed by atoms with Gasteiger partial charge in [0.25, 0.3) is 0 Å². The van der Waals surface area contributed by atoms with E-state index >= 15 is 0 Å². The fraction of sp³-hybridized carbons (Fsp3) is 0.632. The summed E-state index contributed by atoms with van der Waals surface area (Å²) in [5, 5.41) is 15.6. The Morgan fingerprint density at radius 3 is 2.52 bits per heavy atom. The first kappa shape index (κ1) is 22.9. The molecule has 1 aromatic heterocycles. The minimum absolute atomic E-state index is 0.237. The maximum absolute atomic E-state index is 10.8. The molecule has 7 N–H and O–H groups in total. The second-order valence-corrected chi connectivity index (χ2v) is 7.35. The van der Waals surface area contributed by atoms with Crippen LogP contribution in [0.3, 0.4) is 0 Å². The van der Waals surface area contributed by atoms with Crippen molar-refractivity contribution in [1.29, 1.82) is 0 Å². The van der Waals surface area contributed by atoms with Crippen molar-refractivity contribution < 1.29 is 9.90 Å². The molecule has 1 saturated heterocycles. The quantitative estimate of drug-likeness (QED) is 0.220. The van der Waals surface area contributed by atoms with E-state index in [1.54, 1.807) is 0 Å². The number of nitrogens with two attached hydrogens (primary N) is 2. The molecule has 0 aromatic carbocycles. The minimum atomic E-state index is -0.852. The summed E-state index contributed by atoms with van der Waals surface area (Å²) < 4.78 is 0. The van der Waals surface area contributed by atoms with Crippen molar-refractivity contribution in [1.82, 2.24) is 15.7 Å². The van der Waals surface area contributed by atoms with Crippen molar-refractivity contribution in [3.63, 3.8) is 0 Å². The standard InChI is InChI=1S/C11H16N2.C8H18N4O2/c1-9-2-3-11(8-13-9)10-4-6-12-7-5-10;1-5(2)3-6(8(13)14)4-7(11-9)12-10/h2-3,8,10,12H,4-7H2,1H3;5-6H,3-4,9-10H2,1-2H3,(H,11,12)(H,13,14). The van der Waals surface area contributed by atoms with Crippen LogP contribution in [0.5, 0.6) is 0 Å². The lowest BCUT2D eigenvalue weighted by Gasteiger charge is -2.22. The van der Waals surface area contributed by atoms with E-state index in [4.69, 9.17) is 16.8 Å². The highest BCUT2D eigenvalue weighted by Gasteiger charge is 2.20. The van der Waals surface area contributed by atoms with E-state index in [0.717, 1.165) is 24.7 Å². The van der Waals surface area contributed by atoms with Crippen molar-refractivity contribution in [2.45, 2.75) is 52.4 Å². The molecule has 1 atom stereocenters. The summed E-state index contributed by atoms with van der Waals surface area (Å²) in [4.78, 5) is 15.2. The van der Waals surface area contributed by atoms with Crippen LogP contribution in [0.25, 0.3) is 0 Å². The van der Waals surface area contributed by atoms with Crippen molar-refractivity contribution in [3.8, 4) is 0 Å². The Bertz CT molecular complexity index is 582. The van der Waals surface area contributed by atoms with Crippen LogP contribution >= 0.6 is 0 Å². The smallest absolute Gasteiger partial charge is 0.306 e. The van der Waals surface area contributed by atoms with E-state index in [9.17, 15) is 4.79 Å². The van der Waals surface area contributed by atoms with Gasteiger partial charge in [-0.3, -0.25) is 9.78 Å². The van der Waals surface area contributed by atoms with Crippen LogP contribution in [0.2, 0.25) is 0 Å². The Morgan fingerprint density at radius 2 is 2.07 bits per heavy atom. The maximum atomic E-state index is 10.8. The highest BCUT2D eigenvalue weighted by Crippen LogP contribution is 2.24. The van der Waals surface area contributed by atoms with Gasteiger partial charge in [-0.25, -0.2) is 5.84 Å². The number of carboxylic acid groups (broad SMARTS) is 1. The molecular weight excluding hydrogens is 344 g/mol. The van der Waals surface area contributed by atoms with E-state index in [1.165, 1.54) is 18.4 Å². The number of carbonyl (C=O) groups is 1. The Hall–Kier alpha value is -2.19. The lowest BCUT2D eigenvalue weighted by Crippen LogP contribution is -2.34. The number of rotatable bonds is 6. The molecular formula is C19H34N6O2. The number of pyridine rings is 1. The third kappa shape index (κ3) is 8.83. The van der Waals surface area contributed by atoms with E-state index < -0.39 is 11.9 Å². The molecule has 8 heteroatoms. The van der Waals surface area contributed by atoms with Crippen LogP contribution in [0, 0.1) is 18.8 Å². The van der Waals surface area contributed by atoms with Gasteiger partial charge in [-0.2, -0.15) is 5.10 Å². The molecule has 0 aliphatic carbocycles. The van der Waals surface area contributed by atoms with Crippen molar-refractivity contribution >= 4 is 11.8 Å². The van der Waals surface area contributed by atoms with E-state index in [1.807, 2.05) is 27.0 Å². The third-order valence-corrected chi connectivity index (χ3v) is 4.61. The zero-order valence-corrected chi connectivity index (χ0v) is 16.6. The number of nitrogens with zero attached hydrogens (tertiary/aromatic N) is 2. The molecule has 0 amide bonds. The number of nitrogens with one attached hydrogen (secondary N) is 2. The largest absolute Gasteiger partial charge is 0.481 e. The van der Waals surface area contributed by atoms with Crippen LogP contribution in [0.4, 0.5) is 0 Å². The monoisotopic (exact) mass is 378 g/mol. The topological polar surface area (TPSA) is 139 Å². The molecule has 8 nitrogen and oxygen atoms in total. The summed E-state index contributed by atoms with van der Waals surface area (Å²) >= 11 is 0. The first-order chi connectivity index (χ1) is 12.9. The Morgan fingerprint density at radius 1 is 1.41 bits per heavy atom. The molecule has 0 spiro atoms. The van der Waals surface area contributed by atoms with Crippen molar-refractivity contribution in [2.75, 3.05) is 13.1 Å². The molecule has 0 saturated carbocycles. The zero-order valence-electron chi connectivity index (χ0n) is 16.6. The molecule has 1 unspecified atom stereocenters. The van der Waals surface area contributed by atoms with Crippen LogP contribution in [0.15, 0.2) is 23.4 Å². The normalized spacial score (nSPS) is 16.4. The van der Waals surface area contributed by atoms with Crippen molar-refractivity contribution in [2.24, 2.45) is 28.6 Å². The second-order valence-electron chi connectivity index (χ2n) is 7.35. The number of aliphatic carboxylic acids is 1. The van der Waals surface area contributed by atoms with Gasteiger partial charge in [-0.05, 0) is 62.7 Å². The van der Waals surface area contributed by atoms with Crippen LogP contribution in [-0.4, -0.2) is 35.0 Å². The van der Waals surface area contributed by atoms with Crippen LogP contribution in [-0.2, 0) is 4.79 Å². The highest BCUT2D eigenvalue weighted by molar-refractivity contribution is 5.85. The summed E-state index contributed by atoms with van der Waals surface area (Å²) in [6.07, 6.45) is 5.36. The molecule has 27 heavy (non-hydrogen) atoms. The number of hydrogen-bond donors (Lipinski definition) is 5. The fourth-order valence-corrected chi connectivity index (χ4v) is 3.10. The molecule has 2 heterocycles. The summed E-state index contributed by atoms with van der Waals surface area (Å²) in [5.41, 5.74) is 4.79. The molecule has 1 aromatic rings. The highest BCUT2D eigenvalue weighted by atomic mass is 16.4. The number of hydrazone groups is 1. The predicted molar refractivity (Wildman–Crippen MR) is 108 cm³/mol. The second kappa shape index (κ2) is 12.2. The predicted octanol–water partition coefficient (Wildman–Crippen LogP) is 1.72. The number of piperidine rings is 1. The molecule has 0 bridgehead atoms. The lowest BCUT2D eigenvalue weighted by atomic mass is 9.91. The van der Waals surface area contributed by atoms with Gasteiger partial charge < -0.3 is 21.7 Å².